The summed E-state index contributed by atoms with van der Waals surface area (Å²) in [5.74, 6) is 0.198. The number of ether oxygens (including phenoxy) is 1. The number of nitrogens with one attached hydrogen (secondary N) is 1. The molecule has 3 rings (SSSR count). The standard InChI is InChI=1S/C21H19BrN2O4S/c1-28-19-13-9-17(10-14-19)23-21(25)15-24(18-11-7-16(22)8-12-18)29(26,27)20-5-3-2-4-6-20/h2-14H,15H2,1H3,(H,23,25). The average Bonchev–Trinajstić information content (AvgIpc) is 2.74. The summed E-state index contributed by atoms with van der Waals surface area (Å²) in [6.07, 6.45) is 0. The van der Waals surface area contributed by atoms with Crippen LogP contribution in [0.4, 0.5) is 11.4 Å². The first kappa shape index (κ1) is 20.9. The highest BCUT2D eigenvalue weighted by atomic mass is 79.9. The fourth-order valence-corrected chi connectivity index (χ4v) is 4.35. The first-order chi connectivity index (χ1) is 13.9. The molecule has 3 aromatic rings. The zero-order valence-electron chi connectivity index (χ0n) is 15.6. The molecule has 8 heteroatoms. The molecule has 0 aromatic heterocycles. The van der Waals surface area contributed by atoms with Crippen molar-refractivity contribution in [3.63, 3.8) is 0 Å². The summed E-state index contributed by atoms with van der Waals surface area (Å²) in [5.41, 5.74) is 0.936. The number of halogens is 1. The maximum absolute atomic E-state index is 13.2. The molecule has 0 spiro atoms. The number of nitrogens with zero attached hydrogens (tertiary/aromatic N) is 1. The zero-order valence-corrected chi connectivity index (χ0v) is 18.0. The van der Waals surface area contributed by atoms with Gasteiger partial charge in [-0.25, -0.2) is 8.42 Å². The molecule has 0 atom stereocenters. The van der Waals surface area contributed by atoms with Gasteiger partial charge in [-0.05, 0) is 60.7 Å². The Labute approximate surface area is 178 Å². The van der Waals surface area contributed by atoms with E-state index in [9.17, 15) is 13.2 Å². The van der Waals surface area contributed by atoms with Gasteiger partial charge in [0.05, 0.1) is 17.7 Å². The molecule has 0 aliphatic carbocycles. The molecule has 0 aliphatic heterocycles. The Kier molecular flexibility index (Phi) is 6.56. The molecular weight excluding hydrogens is 456 g/mol. The number of amides is 1. The third-order valence-corrected chi connectivity index (χ3v) is 6.42. The Morgan fingerprint density at radius 3 is 2.17 bits per heavy atom. The Balaban J connectivity index is 1.88. The highest BCUT2D eigenvalue weighted by Gasteiger charge is 2.27. The van der Waals surface area contributed by atoms with Crippen molar-refractivity contribution in [3.8, 4) is 5.75 Å². The zero-order chi connectivity index (χ0) is 20.9. The first-order valence-electron chi connectivity index (χ1n) is 8.67. The van der Waals surface area contributed by atoms with Crippen molar-refractivity contribution in [3.05, 3.63) is 83.3 Å². The van der Waals surface area contributed by atoms with Crippen LogP contribution in [0, 0.1) is 0 Å². The van der Waals surface area contributed by atoms with Crippen molar-refractivity contribution >= 4 is 43.2 Å². The Hall–Kier alpha value is -2.84. The summed E-state index contributed by atoms with van der Waals surface area (Å²) >= 11 is 3.34. The first-order valence-corrected chi connectivity index (χ1v) is 10.9. The number of carbonyl (C=O) groups excluding carboxylic acids is 1. The van der Waals surface area contributed by atoms with Crippen LogP contribution in [-0.4, -0.2) is 28.0 Å². The molecule has 0 saturated carbocycles. The van der Waals surface area contributed by atoms with Crippen molar-refractivity contribution < 1.29 is 17.9 Å². The van der Waals surface area contributed by atoms with E-state index in [1.807, 2.05) is 0 Å². The van der Waals surface area contributed by atoms with E-state index in [4.69, 9.17) is 4.74 Å². The highest BCUT2D eigenvalue weighted by Crippen LogP contribution is 2.25. The molecular formula is C21H19BrN2O4S. The normalized spacial score (nSPS) is 11.0. The second-order valence-corrected chi connectivity index (χ2v) is 8.86. The lowest BCUT2D eigenvalue weighted by Crippen LogP contribution is -2.38. The number of anilines is 2. The maximum atomic E-state index is 13.2. The van der Waals surface area contributed by atoms with Crippen LogP contribution in [0.25, 0.3) is 0 Å². The molecule has 0 saturated heterocycles. The molecule has 29 heavy (non-hydrogen) atoms. The number of carbonyl (C=O) groups is 1. The van der Waals surface area contributed by atoms with E-state index in [0.717, 1.165) is 8.78 Å². The van der Waals surface area contributed by atoms with Crippen molar-refractivity contribution in [2.75, 3.05) is 23.3 Å². The Bertz CT molecular complexity index is 1070. The molecule has 1 N–H and O–H groups in total. The number of benzene rings is 3. The van der Waals surface area contributed by atoms with E-state index in [-0.39, 0.29) is 11.4 Å². The SMILES string of the molecule is COc1ccc(NC(=O)CN(c2ccc(Br)cc2)S(=O)(=O)c2ccccc2)cc1. The lowest BCUT2D eigenvalue weighted by molar-refractivity contribution is -0.114. The molecule has 0 radical (unpaired) electrons. The Morgan fingerprint density at radius 2 is 1.59 bits per heavy atom. The number of hydrogen-bond donors (Lipinski definition) is 1. The van der Waals surface area contributed by atoms with Gasteiger partial charge >= 0.3 is 0 Å². The fraction of sp³-hybridized carbons (Fsp3) is 0.0952. The van der Waals surface area contributed by atoms with E-state index in [2.05, 4.69) is 21.2 Å². The van der Waals surface area contributed by atoms with Crippen LogP contribution in [-0.2, 0) is 14.8 Å². The summed E-state index contributed by atoms with van der Waals surface area (Å²) in [5, 5.41) is 2.72. The van der Waals surface area contributed by atoms with Crippen molar-refractivity contribution in [1.29, 1.82) is 0 Å². The summed E-state index contributed by atoms with van der Waals surface area (Å²) in [7, 11) is -2.37. The molecule has 0 fully saturated rings. The van der Waals surface area contributed by atoms with Crippen LogP contribution in [0.3, 0.4) is 0 Å². The molecule has 0 bridgehead atoms. The molecule has 0 unspecified atom stereocenters. The molecule has 0 aliphatic rings. The van der Waals surface area contributed by atoms with E-state index in [1.54, 1.807) is 73.8 Å². The van der Waals surface area contributed by atoms with Gasteiger partial charge in [0.25, 0.3) is 10.0 Å². The second-order valence-electron chi connectivity index (χ2n) is 6.08. The third kappa shape index (κ3) is 5.16. The van der Waals surface area contributed by atoms with Gasteiger partial charge in [0.1, 0.15) is 12.3 Å². The monoisotopic (exact) mass is 474 g/mol. The van der Waals surface area contributed by atoms with Gasteiger partial charge in [-0.2, -0.15) is 0 Å². The smallest absolute Gasteiger partial charge is 0.264 e. The number of hydrogen-bond acceptors (Lipinski definition) is 4. The summed E-state index contributed by atoms with van der Waals surface area (Å²) < 4.78 is 33.4. The van der Waals surface area contributed by atoms with Gasteiger partial charge in [-0.1, -0.05) is 34.1 Å². The molecule has 1 amide bonds. The predicted octanol–water partition coefficient (Wildman–Crippen LogP) is 4.29. The summed E-state index contributed by atoms with van der Waals surface area (Å²) in [6.45, 7) is -0.370. The maximum Gasteiger partial charge on any atom is 0.264 e. The summed E-state index contributed by atoms with van der Waals surface area (Å²) in [4.78, 5) is 12.7. The summed E-state index contributed by atoms with van der Waals surface area (Å²) in [6, 6.07) is 21.6. The topological polar surface area (TPSA) is 75.7 Å². The largest absolute Gasteiger partial charge is 0.497 e. The van der Waals surface area contributed by atoms with Crippen molar-refractivity contribution in [2.24, 2.45) is 0 Å². The predicted molar refractivity (Wildman–Crippen MR) is 117 cm³/mol. The van der Waals surface area contributed by atoms with Gasteiger partial charge in [0.2, 0.25) is 5.91 Å². The van der Waals surface area contributed by atoms with Crippen LogP contribution < -0.4 is 14.4 Å². The van der Waals surface area contributed by atoms with Gasteiger partial charge in [0, 0.05) is 10.2 Å². The van der Waals surface area contributed by atoms with Gasteiger partial charge in [-0.15, -0.1) is 0 Å². The van der Waals surface area contributed by atoms with E-state index < -0.39 is 15.9 Å². The fourth-order valence-electron chi connectivity index (χ4n) is 2.65. The minimum absolute atomic E-state index is 0.111. The van der Waals surface area contributed by atoms with Gasteiger partial charge < -0.3 is 10.1 Å². The third-order valence-electron chi connectivity index (χ3n) is 4.11. The van der Waals surface area contributed by atoms with Crippen LogP contribution >= 0.6 is 15.9 Å². The minimum atomic E-state index is -3.93. The molecule has 0 heterocycles. The quantitative estimate of drug-likeness (QED) is 0.553. The minimum Gasteiger partial charge on any atom is -0.497 e. The highest BCUT2D eigenvalue weighted by molar-refractivity contribution is 9.10. The van der Waals surface area contributed by atoms with E-state index >= 15 is 0 Å². The van der Waals surface area contributed by atoms with E-state index in [1.165, 1.54) is 12.1 Å². The van der Waals surface area contributed by atoms with Gasteiger partial charge in [0.15, 0.2) is 0 Å². The molecule has 6 nitrogen and oxygen atoms in total. The van der Waals surface area contributed by atoms with Crippen molar-refractivity contribution in [2.45, 2.75) is 4.90 Å². The second kappa shape index (κ2) is 9.11. The van der Waals surface area contributed by atoms with Crippen LogP contribution in [0.1, 0.15) is 0 Å². The lowest BCUT2D eigenvalue weighted by Gasteiger charge is -2.24. The van der Waals surface area contributed by atoms with Crippen LogP contribution in [0.5, 0.6) is 5.75 Å². The van der Waals surface area contributed by atoms with Gasteiger partial charge in [-0.3, -0.25) is 9.10 Å². The number of rotatable bonds is 7. The Morgan fingerprint density at radius 1 is 0.966 bits per heavy atom. The van der Waals surface area contributed by atoms with Crippen LogP contribution in [0.2, 0.25) is 0 Å². The molecule has 150 valence electrons. The van der Waals surface area contributed by atoms with Crippen LogP contribution in [0.15, 0.2) is 88.2 Å². The molecule has 3 aromatic carbocycles. The average molecular weight is 475 g/mol. The lowest BCUT2D eigenvalue weighted by atomic mass is 10.3. The number of methoxy groups -OCH3 is 1. The van der Waals surface area contributed by atoms with E-state index in [0.29, 0.717) is 17.1 Å². The van der Waals surface area contributed by atoms with Crippen molar-refractivity contribution in [1.82, 2.24) is 0 Å². The number of sulfonamides is 1.